The molecule has 0 radical (unpaired) electrons. The van der Waals surface area contributed by atoms with E-state index in [0.717, 1.165) is 0 Å². The lowest BCUT2D eigenvalue weighted by Gasteiger charge is -2.14. The number of hydrogen-bond donors (Lipinski definition) is 1. The zero-order chi connectivity index (χ0) is 15.6. The fourth-order valence-electron chi connectivity index (χ4n) is 2.60. The van der Waals surface area contributed by atoms with Gasteiger partial charge in [-0.3, -0.25) is 0 Å². The molecule has 0 bridgehead atoms. The SMILES string of the molecule is CCn1cc(S(=O)(=O)N2CC(OC)C(OC)C2)cc1CO. The van der Waals surface area contributed by atoms with Crippen LogP contribution in [0.25, 0.3) is 0 Å². The fraction of sp³-hybridized carbons (Fsp3) is 0.692. The van der Waals surface area contributed by atoms with Crippen LogP contribution in [-0.2, 0) is 32.6 Å². The highest BCUT2D eigenvalue weighted by Gasteiger charge is 2.40. The minimum atomic E-state index is -3.61. The summed E-state index contributed by atoms with van der Waals surface area (Å²) in [6.45, 7) is 2.84. The quantitative estimate of drug-likeness (QED) is 0.801. The summed E-state index contributed by atoms with van der Waals surface area (Å²) in [6, 6.07) is 1.51. The van der Waals surface area contributed by atoms with Crippen molar-refractivity contribution in [2.24, 2.45) is 0 Å². The van der Waals surface area contributed by atoms with Crippen LogP contribution >= 0.6 is 0 Å². The molecule has 0 aliphatic carbocycles. The Kier molecular flexibility index (Phi) is 5.05. The summed E-state index contributed by atoms with van der Waals surface area (Å²) in [5, 5.41) is 9.28. The summed E-state index contributed by atoms with van der Waals surface area (Å²) in [7, 11) is -0.513. The summed E-state index contributed by atoms with van der Waals surface area (Å²) in [5.74, 6) is 0. The highest BCUT2D eigenvalue weighted by atomic mass is 32.2. The molecule has 2 rings (SSSR count). The molecule has 21 heavy (non-hydrogen) atoms. The number of ether oxygens (including phenoxy) is 2. The van der Waals surface area contributed by atoms with E-state index in [1.807, 2.05) is 6.92 Å². The van der Waals surface area contributed by atoms with Crippen molar-refractivity contribution in [2.45, 2.75) is 37.2 Å². The molecule has 0 amide bonds. The summed E-state index contributed by atoms with van der Waals surface area (Å²) in [6.07, 6.45) is 1.02. The second kappa shape index (κ2) is 6.45. The van der Waals surface area contributed by atoms with Gasteiger partial charge in [0.05, 0.1) is 18.8 Å². The van der Waals surface area contributed by atoms with Gasteiger partial charge in [0.25, 0.3) is 0 Å². The van der Waals surface area contributed by atoms with Gasteiger partial charge in [0.2, 0.25) is 10.0 Å². The number of nitrogens with zero attached hydrogens (tertiary/aromatic N) is 2. The van der Waals surface area contributed by atoms with Crippen LogP contribution in [-0.4, -0.2) is 61.9 Å². The van der Waals surface area contributed by atoms with E-state index in [1.54, 1.807) is 25.0 Å². The molecule has 1 saturated heterocycles. The van der Waals surface area contributed by atoms with Crippen molar-refractivity contribution in [1.82, 2.24) is 8.87 Å². The first-order chi connectivity index (χ1) is 9.97. The van der Waals surface area contributed by atoms with E-state index >= 15 is 0 Å². The molecule has 8 heteroatoms. The molecule has 7 nitrogen and oxygen atoms in total. The number of aliphatic hydroxyl groups is 1. The van der Waals surface area contributed by atoms with E-state index < -0.39 is 10.0 Å². The Hall–Kier alpha value is -0.930. The Morgan fingerprint density at radius 3 is 2.24 bits per heavy atom. The first-order valence-corrected chi connectivity index (χ1v) is 8.27. The van der Waals surface area contributed by atoms with Crippen LogP contribution in [0.2, 0.25) is 0 Å². The van der Waals surface area contributed by atoms with Crippen LogP contribution in [0.1, 0.15) is 12.6 Å². The van der Waals surface area contributed by atoms with Crippen molar-refractivity contribution in [2.75, 3.05) is 27.3 Å². The lowest BCUT2D eigenvalue weighted by molar-refractivity contribution is -0.00461. The molecule has 1 aliphatic heterocycles. The Morgan fingerprint density at radius 2 is 1.86 bits per heavy atom. The van der Waals surface area contributed by atoms with Gasteiger partial charge in [0.15, 0.2) is 0 Å². The average molecular weight is 318 g/mol. The minimum Gasteiger partial charge on any atom is -0.390 e. The molecule has 1 aliphatic rings. The molecule has 1 aromatic heterocycles. The van der Waals surface area contributed by atoms with Crippen LogP contribution in [0.15, 0.2) is 17.2 Å². The average Bonchev–Trinajstić information content (AvgIpc) is 3.10. The lowest BCUT2D eigenvalue weighted by Crippen LogP contribution is -2.30. The molecule has 120 valence electrons. The van der Waals surface area contributed by atoms with Gasteiger partial charge in [-0.1, -0.05) is 0 Å². The monoisotopic (exact) mass is 318 g/mol. The number of methoxy groups -OCH3 is 2. The number of aryl methyl sites for hydroxylation is 1. The van der Waals surface area contributed by atoms with E-state index in [9.17, 15) is 13.5 Å². The third-order valence-electron chi connectivity index (χ3n) is 3.89. The van der Waals surface area contributed by atoms with E-state index in [2.05, 4.69) is 0 Å². The highest BCUT2D eigenvalue weighted by molar-refractivity contribution is 7.89. The van der Waals surface area contributed by atoms with Crippen LogP contribution in [0.5, 0.6) is 0 Å². The number of aromatic nitrogens is 1. The van der Waals surface area contributed by atoms with E-state index in [1.165, 1.54) is 10.4 Å². The summed E-state index contributed by atoms with van der Waals surface area (Å²) < 4.78 is 39.0. The van der Waals surface area contributed by atoms with Crippen molar-refractivity contribution in [1.29, 1.82) is 0 Å². The van der Waals surface area contributed by atoms with Crippen LogP contribution in [0, 0.1) is 0 Å². The number of aliphatic hydroxyl groups excluding tert-OH is 1. The predicted molar refractivity (Wildman–Crippen MR) is 76.4 cm³/mol. The van der Waals surface area contributed by atoms with Crippen molar-refractivity contribution >= 4 is 10.0 Å². The zero-order valence-corrected chi connectivity index (χ0v) is 13.3. The Morgan fingerprint density at radius 1 is 1.29 bits per heavy atom. The smallest absolute Gasteiger partial charge is 0.244 e. The summed E-state index contributed by atoms with van der Waals surface area (Å²) >= 11 is 0. The summed E-state index contributed by atoms with van der Waals surface area (Å²) in [4.78, 5) is 0.194. The fourth-order valence-corrected chi connectivity index (χ4v) is 4.13. The summed E-state index contributed by atoms with van der Waals surface area (Å²) in [5.41, 5.74) is 0.585. The zero-order valence-electron chi connectivity index (χ0n) is 12.5. The second-order valence-electron chi connectivity index (χ2n) is 4.98. The van der Waals surface area contributed by atoms with E-state index in [4.69, 9.17) is 9.47 Å². The molecule has 1 aromatic rings. The van der Waals surface area contributed by atoms with Crippen molar-refractivity contribution in [3.8, 4) is 0 Å². The van der Waals surface area contributed by atoms with Gasteiger partial charge in [0.1, 0.15) is 4.90 Å². The molecule has 0 aromatic carbocycles. The third kappa shape index (κ3) is 3.00. The largest absolute Gasteiger partial charge is 0.390 e. The van der Waals surface area contributed by atoms with Gasteiger partial charge in [-0.2, -0.15) is 4.31 Å². The van der Waals surface area contributed by atoms with Gasteiger partial charge in [-0.25, -0.2) is 8.42 Å². The topological polar surface area (TPSA) is 81.0 Å². The minimum absolute atomic E-state index is 0.190. The molecule has 2 heterocycles. The van der Waals surface area contributed by atoms with Gasteiger partial charge in [-0.15, -0.1) is 0 Å². The maximum Gasteiger partial charge on any atom is 0.244 e. The first kappa shape index (κ1) is 16.4. The van der Waals surface area contributed by atoms with E-state index in [-0.39, 0.29) is 36.8 Å². The number of rotatable bonds is 6. The Bertz CT molecular complexity index is 550. The maximum atomic E-state index is 12.7. The van der Waals surface area contributed by atoms with Crippen LogP contribution in [0.4, 0.5) is 0 Å². The number of sulfonamides is 1. The second-order valence-corrected chi connectivity index (χ2v) is 6.92. The van der Waals surface area contributed by atoms with Crippen LogP contribution in [0.3, 0.4) is 0 Å². The van der Waals surface area contributed by atoms with Gasteiger partial charge >= 0.3 is 0 Å². The maximum absolute atomic E-state index is 12.7. The molecule has 2 atom stereocenters. The lowest BCUT2D eigenvalue weighted by atomic mass is 10.3. The van der Waals surface area contributed by atoms with E-state index in [0.29, 0.717) is 12.2 Å². The molecule has 0 saturated carbocycles. The normalized spacial score (nSPS) is 23.8. The molecular weight excluding hydrogens is 296 g/mol. The molecule has 2 unspecified atom stereocenters. The van der Waals surface area contributed by atoms with Crippen LogP contribution < -0.4 is 0 Å². The Balaban J connectivity index is 2.28. The first-order valence-electron chi connectivity index (χ1n) is 6.83. The Labute approximate surface area is 125 Å². The molecule has 1 fully saturated rings. The van der Waals surface area contributed by atoms with Gasteiger partial charge in [-0.05, 0) is 13.0 Å². The highest BCUT2D eigenvalue weighted by Crippen LogP contribution is 2.25. The number of hydrogen-bond acceptors (Lipinski definition) is 5. The molecular formula is C13H22N2O5S. The van der Waals surface area contributed by atoms with Crippen molar-refractivity contribution in [3.05, 3.63) is 18.0 Å². The molecule has 1 N–H and O–H groups in total. The third-order valence-corrected chi connectivity index (χ3v) is 5.69. The molecule has 0 spiro atoms. The van der Waals surface area contributed by atoms with Gasteiger partial charge in [0, 0.05) is 45.7 Å². The van der Waals surface area contributed by atoms with Crippen molar-refractivity contribution < 1.29 is 23.0 Å². The van der Waals surface area contributed by atoms with Crippen molar-refractivity contribution in [3.63, 3.8) is 0 Å². The van der Waals surface area contributed by atoms with Gasteiger partial charge < -0.3 is 19.1 Å². The predicted octanol–water partition coefficient (Wildman–Crippen LogP) is 0.0346. The standard InChI is InChI=1S/C13H22N2O5S/c1-4-14-6-11(5-10(14)9-16)21(17,18)15-7-12(19-2)13(8-15)20-3/h5-6,12-13,16H,4,7-9H2,1-3H3.